The van der Waals surface area contributed by atoms with Gasteiger partial charge in [-0.3, -0.25) is 14.9 Å². The molecule has 32 heavy (non-hydrogen) atoms. The van der Waals surface area contributed by atoms with Crippen LogP contribution in [0.3, 0.4) is 0 Å². The Morgan fingerprint density at radius 1 is 1.00 bits per heavy atom. The molecule has 1 N–H and O–H groups in total. The van der Waals surface area contributed by atoms with Crippen LogP contribution in [0.5, 0.6) is 0 Å². The monoisotopic (exact) mass is 426 g/mol. The normalized spacial score (nSPS) is 10.7. The first-order valence-corrected chi connectivity index (χ1v) is 10.2. The van der Waals surface area contributed by atoms with Crippen molar-refractivity contribution < 1.29 is 9.72 Å². The molecule has 3 aromatic carbocycles. The largest absolute Gasteiger partial charge is 0.347 e. The molecule has 0 spiro atoms. The molecule has 7 nitrogen and oxygen atoms in total. The Kier molecular flexibility index (Phi) is 5.81. The first-order valence-electron chi connectivity index (χ1n) is 10.2. The van der Waals surface area contributed by atoms with E-state index in [4.69, 9.17) is 0 Å². The molecule has 4 rings (SSSR count). The molecule has 0 aliphatic carbocycles. The number of hydrogen-bond donors (Lipinski definition) is 1. The molecule has 0 bridgehead atoms. The van der Waals surface area contributed by atoms with Crippen molar-refractivity contribution in [3.63, 3.8) is 0 Å². The molecule has 7 heteroatoms. The second-order valence-corrected chi connectivity index (χ2v) is 7.59. The molecule has 0 fully saturated rings. The summed E-state index contributed by atoms with van der Waals surface area (Å²) in [5, 5.41) is 18.6. The van der Waals surface area contributed by atoms with Gasteiger partial charge in [0.05, 0.1) is 16.3 Å². The van der Waals surface area contributed by atoms with Gasteiger partial charge in [-0.15, -0.1) is 0 Å². The number of non-ortho nitro benzene ring substituents is 1. The molecular weight excluding hydrogens is 404 g/mol. The van der Waals surface area contributed by atoms with E-state index in [0.717, 1.165) is 22.4 Å². The van der Waals surface area contributed by atoms with Gasteiger partial charge in [-0.2, -0.15) is 5.10 Å². The average Bonchev–Trinajstić information content (AvgIpc) is 3.25. The molecule has 0 saturated carbocycles. The van der Waals surface area contributed by atoms with Crippen LogP contribution < -0.4 is 5.32 Å². The molecule has 0 radical (unpaired) electrons. The summed E-state index contributed by atoms with van der Waals surface area (Å²) in [6.45, 7) is 4.34. The molecule has 4 aromatic rings. The molecule has 0 atom stereocenters. The van der Waals surface area contributed by atoms with Gasteiger partial charge in [-0.05, 0) is 54.8 Å². The summed E-state index contributed by atoms with van der Waals surface area (Å²) in [4.78, 5) is 23.7. The molecule has 0 unspecified atom stereocenters. The maximum Gasteiger partial charge on any atom is 0.270 e. The number of nitro benzene ring substituents is 1. The fraction of sp³-hybridized carbons (Fsp3) is 0.120. The van der Waals surface area contributed by atoms with Gasteiger partial charge in [0.1, 0.15) is 5.69 Å². The maximum absolute atomic E-state index is 13.1. The van der Waals surface area contributed by atoms with Gasteiger partial charge in [-0.1, -0.05) is 42.5 Å². The fourth-order valence-electron chi connectivity index (χ4n) is 3.44. The lowest BCUT2D eigenvalue weighted by Gasteiger charge is -2.11. The van der Waals surface area contributed by atoms with E-state index in [-0.39, 0.29) is 11.6 Å². The summed E-state index contributed by atoms with van der Waals surface area (Å²) in [6, 6.07) is 23.5. The Morgan fingerprint density at radius 3 is 2.41 bits per heavy atom. The number of carbonyl (C=O) groups is 1. The zero-order valence-electron chi connectivity index (χ0n) is 17.8. The second kappa shape index (κ2) is 8.85. The van der Waals surface area contributed by atoms with Gasteiger partial charge >= 0.3 is 0 Å². The van der Waals surface area contributed by atoms with Crippen LogP contribution in [0.25, 0.3) is 16.9 Å². The van der Waals surface area contributed by atoms with Crippen molar-refractivity contribution in [2.45, 2.75) is 20.4 Å². The van der Waals surface area contributed by atoms with Gasteiger partial charge in [0.2, 0.25) is 0 Å². The lowest BCUT2D eigenvalue weighted by Crippen LogP contribution is -2.25. The number of benzene rings is 3. The van der Waals surface area contributed by atoms with Crippen LogP contribution in [0, 0.1) is 24.0 Å². The van der Waals surface area contributed by atoms with Crippen molar-refractivity contribution in [2.75, 3.05) is 0 Å². The number of nitrogens with zero attached hydrogens (tertiary/aromatic N) is 3. The number of rotatable bonds is 6. The van der Waals surface area contributed by atoms with Crippen LogP contribution in [0.4, 0.5) is 5.69 Å². The van der Waals surface area contributed by atoms with Crippen LogP contribution in [-0.4, -0.2) is 20.6 Å². The van der Waals surface area contributed by atoms with E-state index in [2.05, 4.69) is 10.4 Å². The number of aryl methyl sites for hydroxylation is 2. The third-order valence-corrected chi connectivity index (χ3v) is 5.20. The highest BCUT2D eigenvalue weighted by Crippen LogP contribution is 2.25. The molecule has 0 aliphatic heterocycles. The minimum Gasteiger partial charge on any atom is -0.347 e. The highest BCUT2D eigenvalue weighted by molar-refractivity contribution is 5.94. The third kappa shape index (κ3) is 4.41. The summed E-state index contributed by atoms with van der Waals surface area (Å²) in [5.41, 5.74) is 5.48. The Bertz CT molecular complexity index is 1280. The Labute approximate surface area is 185 Å². The van der Waals surface area contributed by atoms with Crippen molar-refractivity contribution in [2.24, 2.45) is 0 Å². The van der Waals surface area contributed by atoms with Crippen LogP contribution in [0.2, 0.25) is 0 Å². The molecule has 1 heterocycles. The van der Waals surface area contributed by atoms with E-state index in [1.165, 1.54) is 12.1 Å². The summed E-state index contributed by atoms with van der Waals surface area (Å²) < 4.78 is 1.64. The number of hydrogen-bond acceptors (Lipinski definition) is 4. The molecule has 0 aliphatic rings. The standard InChI is InChI=1S/C25H22N4O3/c1-17-8-9-18(2)23(14-17)28-24(25(30)26-16-19-6-4-3-5-7-19)15-22(27-28)20-10-12-21(13-11-20)29(31)32/h3-15H,16H2,1-2H3,(H,26,30). The number of nitrogens with one attached hydrogen (secondary N) is 1. The minimum absolute atomic E-state index is 0.00328. The molecular formula is C25H22N4O3. The Balaban J connectivity index is 1.73. The maximum atomic E-state index is 13.1. The van der Waals surface area contributed by atoms with E-state index in [1.54, 1.807) is 22.9 Å². The smallest absolute Gasteiger partial charge is 0.270 e. The summed E-state index contributed by atoms with van der Waals surface area (Å²) in [5.74, 6) is -0.254. The van der Waals surface area contributed by atoms with Gasteiger partial charge < -0.3 is 5.32 Å². The SMILES string of the molecule is Cc1ccc(C)c(-n2nc(-c3ccc([N+](=O)[O-])cc3)cc2C(=O)NCc2ccccc2)c1. The molecule has 160 valence electrons. The topological polar surface area (TPSA) is 90.1 Å². The van der Waals surface area contributed by atoms with Crippen LogP contribution in [0.1, 0.15) is 27.2 Å². The lowest BCUT2D eigenvalue weighted by atomic mass is 10.1. The quantitative estimate of drug-likeness (QED) is 0.347. The van der Waals surface area contributed by atoms with Gasteiger partial charge in [0, 0.05) is 24.2 Å². The van der Waals surface area contributed by atoms with Gasteiger partial charge in [-0.25, -0.2) is 4.68 Å². The Morgan fingerprint density at radius 2 is 1.72 bits per heavy atom. The third-order valence-electron chi connectivity index (χ3n) is 5.20. The molecule has 1 amide bonds. The van der Waals surface area contributed by atoms with Crippen molar-refractivity contribution >= 4 is 11.6 Å². The van der Waals surface area contributed by atoms with E-state index >= 15 is 0 Å². The van der Waals surface area contributed by atoms with Crippen LogP contribution in [-0.2, 0) is 6.54 Å². The zero-order chi connectivity index (χ0) is 22.7. The highest BCUT2D eigenvalue weighted by Gasteiger charge is 2.19. The number of amides is 1. The predicted molar refractivity (Wildman–Crippen MR) is 123 cm³/mol. The Hall–Kier alpha value is -4.26. The predicted octanol–water partition coefficient (Wildman–Crippen LogP) is 4.99. The van der Waals surface area contributed by atoms with Gasteiger partial charge in [0.25, 0.3) is 11.6 Å². The van der Waals surface area contributed by atoms with Crippen molar-refractivity contribution in [3.05, 3.63) is 111 Å². The number of carbonyl (C=O) groups excluding carboxylic acids is 1. The number of aromatic nitrogens is 2. The molecule has 1 aromatic heterocycles. The van der Waals surface area contributed by atoms with Crippen molar-refractivity contribution in [3.8, 4) is 16.9 Å². The van der Waals surface area contributed by atoms with Crippen LogP contribution >= 0.6 is 0 Å². The van der Waals surface area contributed by atoms with Crippen molar-refractivity contribution in [1.29, 1.82) is 0 Å². The lowest BCUT2D eigenvalue weighted by molar-refractivity contribution is -0.384. The number of nitro groups is 1. The highest BCUT2D eigenvalue weighted by atomic mass is 16.6. The summed E-state index contributed by atoms with van der Waals surface area (Å²) in [7, 11) is 0. The summed E-state index contributed by atoms with van der Waals surface area (Å²) in [6.07, 6.45) is 0. The average molecular weight is 426 g/mol. The first kappa shape index (κ1) is 21.0. The van der Waals surface area contributed by atoms with E-state index in [0.29, 0.717) is 23.5 Å². The van der Waals surface area contributed by atoms with Gasteiger partial charge in [0.15, 0.2) is 0 Å². The van der Waals surface area contributed by atoms with E-state index < -0.39 is 4.92 Å². The first-order chi connectivity index (χ1) is 15.4. The van der Waals surface area contributed by atoms with E-state index in [9.17, 15) is 14.9 Å². The van der Waals surface area contributed by atoms with Crippen LogP contribution in [0.15, 0.2) is 78.9 Å². The zero-order valence-corrected chi connectivity index (χ0v) is 17.8. The van der Waals surface area contributed by atoms with E-state index in [1.807, 2.05) is 62.4 Å². The second-order valence-electron chi connectivity index (χ2n) is 7.59. The molecule has 0 saturated heterocycles. The summed E-state index contributed by atoms with van der Waals surface area (Å²) >= 11 is 0. The minimum atomic E-state index is -0.444. The van der Waals surface area contributed by atoms with Crippen molar-refractivity contribution in [1.82, 2.24) is 15.1 Å². The fourth-order valence-corrected chi connectivity index (χ4v) is 3.44.